The molecule has 6 nitrogen and oxygen atoms in total. The van der Waals surface area contributed by atoms with Crippen LogP contribution in [0.2, 0.25) is 0 Å². The number of carbonyl (C=O) groups is 2. The van der Waals surface area contributed by atoms with Crippen molar-refractivity contribution in [2.24, 2.45) is 0 Å². The molecule has 0 aromatic heterocycles. The summed E-state index contributed by atoms with van der Waals surface area (Å²) in [7, 11) is 0. The Morgan fingerprint density at radius 3 is 2.19 bits per heavy atom. The number of rotatable bonds is 7. The molecule has 0 radical (unpaired) electrons. The number of nitriles is 1. The minimum atomic E-state index is -0.478. The summed E-state index contributed by atoms with van der Waals surface area (Å²) in [5, 5.41) is 10.5. The molecule has 31 heavy (non-hydrogen) atoms. The summed E-state index contributed by atoms with van der Waals surface area (Å²) < 4.78 is 5.44. The van der Waals surface area contributed by atoms with Crippen LogP contribution >= 0.6 is 11.8 Å². The molecule has 0 bridgehead atoms. The quantitative estimate of drug-likeness (QED) is 0.336. The van der Waals surface area contributed by atoms with Gasteiger partial charge < -0.3 is 4.74 Å². The van der Waals surface area contributed by atoms with Gasteiger partial charge in [0.2, 0.25) is 0 Å². The van der Waals surface area contributed by atoms with Crippen LogP contribution in [-0.2, 0) is 9.59 Å². The first-order valence-electron chi connectivity index (χ1n) is 9.34. The van der Waals surface area contributed by atoms with Crippen LogP contribution in [0.25, 0.3) is 11.1 Å². The zero-order valence-electron chi connectivity index (χ0n) is 16.4. The Balaban J connectivity index is 1.40. The van der Waals surface area contributed by atoms with E-state index in [0.29, 0.717) is 11.3 Å². The van der Waals surface area contributed by atoms with Crippen molar-refractivity contribution in [3.05, 3.63) is 95.9 Å². The van der Waals surface area contributed by atoms with E-state index in [2.05, 4.69) is 16.9 Å². The molecule has 0 saturated carbocycles. The van der Waals surface area contributed by atoms with Crippen LogP contribution < -0.4 is 15.6 Å². The third-order valence-electron chi connectivity index (χ3n) is 4.06. The van der Waals surface area contributed by atoms with E-state index in [4.69, 9.17) is 10.00 Å². The summed E-state index contributed by atoms with van der Waals surface area (Å²) in [5.41, 5.74) is 7.15. The van der Waals surface area contributed by atoms with E-state index in [9.17, 15) is 9.59 Å². The van der Waals surface area contributed by atoms with Gasteiger partial charge in [-0.25, -0.2) is 0 Å². The van der Waals surface area contributed by atoms with Crippen LogP contribution in [0.15, 0.2) is 95.2 Å². The SMILES string of the molecule is N#Cc1ccc(-c2ccc(OCC(=O)NNC(=O)C=CSc3ccccc3)cc2)cc1. The van der Waals surface area contributed by atoms with Crippen molar-refractivity contribution in [2.75, 3.05) is 6.61 Å². The lowest BCUT2D eigenvalue weighted by Gasteiger charge is -2.08. The van der Waals surface area contributed by atoms with Gasteiger partial charge in [-0.3, -0.25) is 20.4 Å². The number of ether oxygens (including phenoxy) is 1. The number of nitrogens with one attached hydrogen (secondary N) is 2. The average Bonchev–Trinajstić information content (AvgIpc) is 2.82. The summed E-state index contributed by atoms with van der Waals surface area (Å²) in [5.74, 6) is -0.393. The molecule has 0 aliphatic rings. The summed E-state index contributed by atoms with van der Waals surface area (Å²) in [6, 6.07) is 26.2. The van der Waals surface area contributed by atoms with E-state index in [0.717, 1.165) is 16.0 Å². The lowest BCUT2D eigenvalue weighted by molar-refractivity contribution is -0.128. The molecule has 0 heterocycles. The number of amides is 2. The van der Waals surface area contributed by atoms with Crippen molar-refractivity contribution in [3.8, 4) is 22.9 Å². The van der Waals surface area contributed by atoms with Gasteiger partial charge >= 0.3 is 0 Å². The Labute approximate surface area is 184 Å². The second-order valence-corrected chi connectivity index (χ2v) is 7.25. The van der Waals surface area contributed by atoms with E-state index in [1.165, 1.54) is 17.8 Å². The van der Waals surface area contributed by atoms with Gasteiger partial charge in [-0.1, -0.05) is 54.2 Å². The molecule has 0 fully saturated rings. The predicted octanol–water partition coefficient (Wildman–Crippen LogP) is 4.06. The highest BCUT2D eigenvalue weighted by Crippen LogP contribution is 2.22. The Morgan fingerprint density at radius 2 is 1.55 bits per heavy atom. The van der Waals surface area contributed by atoms with Crippen LogP contribution in [0.5, 0.6) is 5.75 Å². The van der Waals surface area contributed by atoms with Gasteiger partial charge in [-0.05, 0) is 52.9 Å². The Kier molecular flexibility index (Phi) is 7.86. The molecule has 154 valence electrons. The zero-order chi connectivity index (χ0) is 21.9. The molecular weight excluding hydrogens is 410 g/mol. The van der Waals surface area contributed by atoms with E-state index >= 15 is 0 Å². The molecule has 0 atom stereocenters. The predicted molar refractivity (Wildman–Crippen MR) is 120 cm³/mol. The van der Waals surface area contributed by atoms with E-state index in [1.54, 1.807) is 29.7 Å². The fourth-order valence-corrected chi connectivity index (χ4v) is 3.18. The van der Waals surface area contributed by atoms with E-state index < -0.39 is 11.8 Å². The Morgan fingerprint density at radius 1 is 0.903 bits per heavy atom. The van der Waals surface area contributed by atoms with Crippen molar-refractivity contribution in [1.29, 1.82) is 5.26 Å². The molecule has 7 heteroatoms. The monoisotopic (exact) mass is 429 g/mol. The van der Waals surface area contributed by atoms with Crippen LogP contribution in [0.3, 0.4) is 0 Å². The number of thioether (sulfide) groups is 1. The first-order chi connectivity index (χ1) is 15.1. The van der Waals surface area contributed by atoms with Gasteiger partial charge in [0.05, 0.1) is 11.6 Å². The van der Waals surface area contributed by atoms with Gasteiger partial charge in [-0.15, -0.1) is 0 Å². The zero-order valence-corrected chi connectivity index (χ0v) is 17.3. The maximum absolute atomic E-state index is 11.9. The van der Waals surface area contributed by atoms with Crippen molar-refractivity contribution >= 4 is 23.6 Å². The molecule has 3 aromatic rings. The normalized spacial score (nSPS) is 10.3. The second kappa shape index (κ2) is 11.2. The van der Waals surface area contributed by atoms with Crippen molar-refractivity contribution < 1.29 is 14.3 Å². The highest BCUT2D eigenvalue weighted by molar-refractivity contribution is 8.02. The maximum Gasteiger partial charge on any atom is 0.276 e. The third kappa shape index (κ3) is 7.07. The van der Waals surface area contributed by atoms with Gasteiger partial charge in [0, 0.05) is 11.0 Å². The molecule has 2 amide bonds. The van der Waals surface area contributed by atoms with Crippen LogP contribution in [0.4, 0.5) is 0 Å². The summed E-state index contributed by atoms with van der Waals surface area (Å²) in [6.07, 6.45) is 1.33. The fraction of sp³-hybridized carbons (Fsp3) is 0.0417. The summed E-state index contributed by atoms with van der Waals surface area (Å²) in [4.78, 5) is 24.6. The molecule has 0 unspecified atom stereocenters. The van der Waals surface area contributed by atoms with Gasteiger partial charge in [0.15, 0.2) is 6.61 Å². The first-order valence-corrected chi connectivity index (χ1v) is 10.2. The highest BCUT2D eigenvalue weighted by atomic mass is 32.2. The minimum absolute atomic E-state index is 0.237. The lowest BCUT2D eigenvalue weighted by atomic mass is 10.0. The third-order valence-corrected chi connectivity index (χ3v) is 4.88. The van der Waals surface area contributed by atoms with E-state index in [-0.39, 0.29) is 6.61 Å². The number of hydrogen-bond acceptors (Lipinski definition) is 5. The molecule has 3 rings (SSSR count). The number of hydrogen-bond donors (Lipinski definition) is 2. The maximum atomic E-state index is 11.9. The first kappa shape index (κ1) is 21.7. The summed E-state index contributed by atoms with van der Waals surface area (Å²) >= 11 is 1.40. The average molecular weight is 430 g/mol. The Bertz CT molecular complexity index is 1090. The van der Waals surface area contributed by atoms with Crippen molar-refractivity contribution in [1.82, 2.24) is 10.9 Å². The fourth-order valence-electron chi connectivity index (χ4n) is 2.51. The number of nitrogens with zero attached hydrogens (tertiary/aromatic N) is 1. The molecule has 3 aromatic carbocycles. The van der Waals surface area contributed by atoms with Gasteiger partial charge in [0.1, 0.15) is 5.75 Å². The van der Waals surface area contributed by atoms with Crippen LogP contribution in [0.1, 0.15) is 5.56 Å². The largest absolute Gasteiger partial charge is 0.484 e. The molecule has 0 spiro atoms. The van der Waals surface area contributed by atoms with Crippen LogP contribution in [0, 0.1) is 11.3 Å². The van der Waals surface area contributed by atoms with Gasteiger partial charge in [-0.2, -0.15) is 5.26 Å². The van der Waals surface area contributed by atoms with Crippen molar-refractivity contribution in [2.45, 2.75) is 4.90 Å². The van der Waals surface area contributed by atoms with Gasteiger partial charge in [0.25, 0.3) is 11.8 Å². The smallest absolute Gasteiger partial charge is 0.276 e. The molecule has 0 saturated heterocycles. The number of benzene rings is 3. The molecule has 2 N–H and O–H groups in total. The molecular formula is C24H19N3O3S. The summed E-state index contributed by atoms with van der Waals surface area (Å²) in [6.45, 7) is -0.237. The molecule has 0 aliphatic carbocycles. The minimum Gasteiger partial charge on any atom is -0.484 e. The highest BCUT2D eigenvalue weighted by Gasteiger charge is 2.05. The standard InChI is InChI=1S/C24H19N3O3S/c25-16-18-6-8-19(9-7-18)20-10-12-21(13-11-20)30-17-24(29)27-26-23(28)14-15-31-22-4-2-1-3-5-22/h1-15H,17H2,(H,26,28)(H,27,29). The molecule has 0 aliphatic heterocycles. The van der Waals surface area contributed by atoms with E-state index in [1.807, 2.05) is 54.6 Å². The van der Waals surface area contributed by atoms with Crippen molar-refractivity contribution in [3.63, 3.8) is 0 Å². The van der Waals surface area contributed by atoms with Crippen LogP contribution in [-0.4, -0.2) is 18.4 Å². The topological polar surface area (TPSA) is 91.2 Å². The second-order valence-electron chi connectivity index (χ2n) is 6.27. The lowest BCUT2D eigenvalue weighted by Crippen LogP contribution is -2.43. The Hall–Kier alpha value is -4.02. The number of hydrazine groups is 1. The number of carbonyl (C=O) groups excluding carboxylic acids is 2.